The summed E-state index contributed by atoms with van der Waals surface area (Å²) >= 11 is 0. The quantitative estimate of drug-likeness (QED) is 0.0428. The van der Waals surface area contributed by atoms with Crippen molar-refractivity contribution in [1.29, 1.82) is 0 Å². The lowest BCUT2D eigenvalue weighted by Gasteiger charge is -2.33. The van der Waals surface area contributed by atoms with Crippen LogP contribution < -0.4 is 0 Å². The fourth-order valence-corrected chi connectivity index (χ4v) is 10.6. The topological polar surface area (TPSA) is 63.2 Å². The van der Waals surface area contributed by atoms with Gasteiger partial charge < -0.3 is 14.2 Å². The molecule has 4 atom stereocenters. The smallest absolute Gasteiger partial charge is 0.330 e. The largest absolute Gasteiger partial charge is 0.454 e. The van der Waals surface area contributed by atoms with Crippen LogP contribution in [0.2, 0.25) is 0 Å². The summed E-state index contributed by atoms with van der Waals surface area (Å²) in [6.45, 7) is 5.83. The Morgan fingerprint density at radius 3 is 1.67 bits per heavy atom. The normalized spacial score (nSPS) is 40.2. The molecule has 0 amide bonds. The molecule has 278 valence electrons. The van der Waals surface area contributed by atoms with Crippen LogP contribution in [0.4, 0.5) is 0 Å². The number of ether oxygens (including phenoxy) is 3. The summed E-state index contributed by atoms with van der Waals surface area (Å²) in [5.74, 6) is 6.61. The van der Waals surface area contributed by atoms with E-state index in [2.05, 4.69) is 32.1 Å². The van der Waals surface area contributed by atoms with Crippen LogP contribution in [-0.4, -0.2) is 50.2 Å². The molecule has 1 unspecified atom stereocenters. The zero-order valence-electron chi connectivity index (χ0n) is 31.2. The van der Waals surface area contributed by atoms with E-state index in [0.29, 0.717) is 31.7 Å². The molecule has 0 bridgehead atoms. The van der Waals surface area contributed by atoms with Crippen molar-refractivity contribution < 1.29 is 28.8 Å². The fraction of sp³-hybridized carbons (Fsp3) is 0.884. The molecule has 4 aliphatic carbocycles. The summed E-state index contributed by atoms with van der Waals surface area (Å²) in [5, 5.41) is 0. The molecule has 2 heterocycles. The van der Waals surface area contributed by atoms with E-state index in [4.69, 9.17) is 24.0 Å². The first-order chi connectivity index (χ1) is 24.1. The van der Waals surface area contributed by atoms with Gasteiger partial charge in [-0.05, 0) is 112 Å². The highest BCUT2D eigenvalue weighted by Gasteiger charge is 2.50. The molecular formula is C43H70O6. The number of carbonyl (C=O) groups excluding carboxylic acids is 1. The van der Waals surface area contributed by atoms with Crippen molar-refractivity contribution in [3.8, 4) is 0 Å². The lowest BCUT2D eigenvalue weighted by molar-refractivity contribution is -0.326. The molecule has 6 nitrogen and oxygen atoms in total. The van der Waals surface area contributed by atoms with Gasteiger partial charge in [0.25, 0.3) is 0 Å². The van der Waals surface area contributed by atoms with Crippen molar-refractivity contribution in [3.63, 3.8) is 0 Å². The van der Waals surface area contributed by atoms with Crippen LogP contribution in [-0.2, 0) is 28.8 Å². The van der Waals surface area contributed by atoms with Gasteiger partial charge in [0.15, 0.2) is 6.10 Å². The third-order valence-electron chi connectivity index (χ3n) is 13.8. The molecule has 6 fully saturated rings. The summed E-state index contributed by atoms with van der Waals surface area (Å²) in [6.07, 6.45) is 36.0. The van der Waals surface area contributed by atoms with Crippen molar-refractivity contribution in [2.24, 2.45) is 47.3 Å². The van der Waals surface area contributed by atoms with Gasteiger partial charge in [-0.3, -0.25) is 0 Å². The maximum absolute atomic E-state index is 12.7. The number of hydrogen-bond acceptors (Lipinski definition) is 6. The minimum absolute atomic E-state index is 0.268. The standard InChI is InChI=1S/C43H70O6/c1-3-6-32-10-18-36(19-11-32)28-37-20-12-33(13-21-37)7-5-26-47-49-40-30-46-42-39(29-45-43(40)42)48-41(44)25-24-34-14-22-38(23-15-34)27-35-16-8-31(4-2)9-17-35/h5,7,24-25,31-40,42-43H,3-4,6,8-23,26-30H2,1-2H3/b7-5+,25-24+/t31?,32?,33?,34?,35?,36?,37?,38?,39?,40-,42+,43+/m0/s1. The molecule has 0 radical (unpaired) electrons. The Hall–Kier alpha value is -1.21. The van der Waals surface area contributed by atoms with Crippen molar-refractivity contribution in [2.75, 3.05) is 19.8 Å². The summed E-state index contributed by atoms with van der Waals surface area (Å²) in [7, 11) is 0. The van der Waals surface area contributed by atoms with Crippen LogP contribution in [0.15, 0.2) is 24.3 Å². The predicted molar refractivity (Wildman–Crippen MR) is 195 cm³/mol. The molecular weight excluding hydrogens is 612 g/mol. The Balaban J connectivity index is 0.802. The molecule has 0 aromatic rings. The van der Waals surface area contributed by atoms with E-state index in [1.54, 1.807) is 6.08 Å². The van der Waals surface area contributed by atoms with Gasteiger partial charge in [0.1, 0.15) is 24.9 Å². The molecule has 49 heavy (non-hydrogen) atoms. The van der Waals surface area contributed by atoms with Gasteiger partial charge in [0.2, 0.25) is 0 Å². The molecule has 0 aromatic carbocycles. The molecule has 0 spiro atoms. The van der Waals surface area contributed by atoms with Gasteiger partial charge in [0.05, 0.1) is 13.2 Å². The van der Waals surface area contributed by atoms with Gasteiger partial charge >= 0.3 is 5.97 Å². The number of allylic oxidation sites excluding steroid dienone is 2. The third kappa shape index (κ3) is 11.4. The number of carbonyl (C=O) groups is 1. The van der Waals surface area contributed by atoms with Crippen LogP contribution in [0.5, 0.6) is 0 Å². The minimum Gasteiger partial charge on any atom is -0.454 e. The molecule has 2 aliphatic heterocycles. The summed E-state index contributed by atoms with van der Waals surface area (Å²) in [6, 6.07) is 0. The van der Waals surface area contributed by atoms with Crippen LogP contribution in [0.3, 0.4) is 0 Å². The van der Waals surface area contributed by atoms with Crippen molar-refractivity contribution >= 4 is 5.97 Å². The average molecular weight is 683 g/mol. The summed E-state index contributed by atoms with van der Waals surface area (Å²) in [4.78, 5) is 24.0. The van der Waals surface area contributed by atoms with Crippen molar-refractivity contribution in [2.45, 2.75) is 173 Å². The second-order valence-electron chi connectivity index (χ2n) is 17.3. The average Bonchev–Trinajstić information content (AvgIpc) is 3.72. The second-order valence-corrected chi connectivity index (χ2v) is 17.3. The van der Waals surface area contributed by atoms with Crippen LogP contribution in [0, 0.1) is 47.3 Å². The monoisotopic (exact) mass is 683 g/mol. The van der Waals surface area contributed by atoms with E-state index in [9.17, 15) is 4.79 Å². The molecule has 0 aromatic heterocycles. The fourth-order valence-electron chi connectivity index (χ4n) is 10.6. The van der Waals surface area contributed by atoms with Gasteiger partial charge in [-0.15, -0.1) is 0 Å². The maximum atomic E-state index is 12.7. The zero-order chi connectivity index (χ0) is 33.8. The van der Waals surface area contributed by atoms with Gasteiger partial charge in [-0.1, -0.05) is 103 Å². The molecule has 6 heteroatoms. The Bertz CT molecular complexity index is 1010. The number of hydrogen-bond donors (Lipinski definition) is 0. The second kappa shape index (κ2) is 19.6. The SMILES string of the molecule is CCCC1CCC(CC2CCC(/C=C/COO[C@H]3CO[C@@H]4C(OC(=O)/C=C/C5CCC(CC6CCC(CC)CC6)CC5)CO[C@H]34)CC2)CC1. The molecule has 0 N–H and O–H groups in total. The highest BCUT2D eigenvalue weighted by Crippen LogP contribution is 2.41. The van der Waals surface area contributed by atoms with E-state index >= 15 is 0 Å². The van der Waals surface area contributed by atoms with Crippen LogP contribution >= 0.6 is 0 Å². The lowest BCUT2D eigenvalue weighted by Crippen LogP contribution is -2.35. The maximum Gasteiger partial charge on any atom is 0.330 e. The summed E-state index contributed by atoms with van der Waals surface area (Å²) in [5.41, 5.74) is 0. The van der Waals surface area contributed by atoms with E-state index < -0.39 is 6.10 Å². The lowest BCUT2D eigenvalue weighted by atomic mass is 9.72. The van der Waals surface area contributed by atoms with E-state index in [0.717, 1.165) is 35.5 Å². The number of fused-ring (bicyclic) bond motifs is 1. The summed E-state index contributed by atoms with van der Waals surface area (Å²) < 4.78 is 17.7. The van der Waals surface area contributed by atoms with Crippen molar-refractivity contribution in [3.05, 3.63) is 24.3 Å². The Morgan fingerprint density at radius 1 is 0.612 bits per heavy atom. The molecule has 4 saturated carbocycles. The van der Waals surface area contributed by atoms with Crippen LogP contribution in [0.1, 0.15) is 149 Å². The Kier molecular flexibility index (Phi) is 15.0. The Labute approximate surface area is 298 Å². The van der Waals surface area contributed by atoms with Gasteiger partial charge in [-0.2, -0.15) is 0 Å². The number of esters is 1. The number of rotatable bonds is 15. The highest BCUT2D eigenvalue weighted by atomic mass is 17.2. The first-order valence-corrected chi connectivity index (χ1v) is 21.1. The zero-order valence-corrected chi connectivity index (χ0v) is 31.2. The Morgan fingerprint density at radius 2 is 1.10 bits per heavy atom. The predicted octanol–water partition coefficient (Wildman–Crippen LogP) is 10.3. The van der Waals surface area contributed by atoms with Gasteiger partial charge in [0, 0.05) is 6.08 Å². The first kappa shape index (κ1) is 37.5. The van der Waals surface area contributed by atoms with E-state index in [1.165, 1.54) is 135 Å². The van der Waals surface area contributed by atoms with E-state index in [1.807, 2.05) is 0 Å². The first-order valence-electron chi connectivity index (χ1n) is 21.1. The highest BCUT2D eigenvalue weighted by molar-refractivity contribution is 5.82. The van der Waals surface area contributed by atoms with Crippen molar-refractivity contribution in [1.82, 2.24) is 0 Å². The van der Waals surface area contributed by atoms with Gasteiger partial charge in [-0.25, -0.2) is 14.6 Å². The molecule has 2 saturated heterocycles. The van der Waals surface area contributed by atoms with E-state index in [-0.39, 0.29) is 24.3 Å². The van der Waals surface area contributed by atoms with Crippen LogP contribution in [0.25, 0.3) is 0 Å². The minimum atomic E-state index is -0.402. The molecule has 6 rings (SSSR count). The third-order valence-corrected chi connectivity index (χ3v) is 13.8. The molecule has 6 aliphatic rings.